The zero-order chi connectivity index (χ0) is 22.1. The van der Waals surface area contributed by atoms with Gasteiger partial charge in [-0.1, -0.05) is 0 Å². The van der Waals surface area contributed by atoms with Crippen molar-refractivity contribution in [1.82, 2.24) is 9.97 Å². The fourth-order valence-corrected chi connectivity index (χ4v) is 5.96. The highest BCUT2D eigenvalue weighted by Crippen LogP contribution is 2.38. The number of thioether (sulfide) groups is 1. The maximum absolute atomic E-state index is 14.0. The number of aliphatic hydroxyl groups excluding tert-OH is 2. The van der Waals surface area contributed by atoms with Gasteiger partial charge in [0.15, 0.2) is 0 Å². The van der Waals surface area contributed by atoms with Gasteiger partial charge in [0.05, 0.1) is 30.4 Å². The molecule has 1 aliphatic rings. The molecule has 0 amide bonds. The molecule has 0 aliphatic heterocycles. The molecule has 2 aromatic heterocycles. The van der Waals surface area contributed by atoms with Crippen molar-refractivity contribution >= 4 is 50.8 Å². The van der Waals surface area contributed by atoms with Crippen molar-refractivity contribution in [3.05, 3.63) is 40.8 Å². The van der Waals surface area contributed by atoms with E-state index in [9.17, 15) is 19.4 Å². The highest BCUT2D eigenvalue weighted by molar-refractivity contribution is 7.99. The standard InChI is InChI=1S/C21H22FN3O4S2/c1-10-17-19(23-9-24-20(17)31-18(10)21(28)29-2)25-13-4-3-12(22)7-16(13)30-8-11-5-14(26)15(27)6-11/h3-4,7,9,11,14-15,26-27H,5-6,8H2,1-2H3,(H,23,24,25)/t11?,14-,15+. The van der Waals surface area contributed by atoms with E-state index in [1.54, 1.807) is 6.07 Å². The Bertz CT molecular complexity index is 1110. The Morgan fingerprint density at radius 2 is 2.06 bits per heavy atom. The molecule has 2 heterocycles. The van der Waals surface area contributed by atoms with Crippen molar-refractivity contribution in [2.24, 2.45) is 5.92 Å². The number of benzene rings is 1. The number of nitrogens with zero attached hydrogens (tertiary/aromatic N) is 2. The van der Waals surface area contributed by atoms with Gasteiger partial charge in [0.25, 0.3) is 0 Å². The number of fused-ring (bicyclic) bond motifs is 1. The van der Waals surface area contributed by atoms with Gasteiger partial charge >= 0.3 is 5.97 Å². The van der Waals surface area contributed by atoms with Crippen molar-refractivity contribution in [2.75, 3.05) is 18.2 Å². The number of aliphatic hydroxyl groups is 2. The summed E-state index contributed by atoms with van der Waals surface area (Å²) in [5.74, 6) is 0.542. The van der Waals surface area contributed by atoms with Crippen molar-refractivity contribution in [2.45, 2.75) is 36.9 Å². The Morgan fingerprint density at radius 1 is 1.32 bits per heavy atom. The molecular weight excluding hydrogens is 441 g/mol. The number of nitrogens with one attached hydrogen (secondary N) is 1. The Balaban J connectivity index is 1.62. The third kappa shape index (κ3) is 4.52. The monoisotopic (exact) mass is 463 g/mol. The molecule has 1 aliphatic carbocycles. The summed E-state index contributed by atoms with van der Waals surface area (Å²) in [5.41, 5.74) is 1.40. The number of hydrogen-bond acceptors (Lipinski definition) is 9. The number of esters is 1. The van der Waals surface area contributed by atoms with E-state index < -0.39 is 18.2 Å². The van der Waals surface area contributed by atoms with Crippen LogP contribution in [0, 0.1) is 18.7 Å². The largest absolute Gasteiger partial charge is 0.465 e. The summed E-state index contributed by atoms with van der Waals surface area (Å²) in [6.07, 6.45) is 1.08. The number of methoxy groups -OCH3 is 1. The molecule has 7 nitrogen and oxygen atoms in total. The number of ether oxygens (including phenoxy) is 1. The smallest absolute Gasteiger partial charge is 0.348 e. The topological polar surface area (TPSA) is 105 Å². The number of halogens is 1. The first-order valence-electron chi connectivity index (χ1n) is 9.75. The molecular formula is C21H22FN3O4S2. The number of carbonyl (C=O) groups is 1. The third-order valence-electron chi connectivity index (χ3n) is 5.36. The van der Waals surface area contributed by atoms with Gasteiger partial charge in [0, 0.05) is 10.6 Å². The summed E-state index contributed by atoms with van der Waals surface area (Å²) in [6.45, 7) is 1.82. The van der Waals surface area contributed by atoms with Crippen LogP contribution in [0.5, 0.6) is 0 Å². The van der Waals surface area contributed by atoms with E-state index in [-0.39, 0.29) is 11.7 Å². The molecule has 3 atom stereocenters. The average Bonchev–Trinajstić information content (AvgIpc) is 3.26. The maximum atomic E-state index is 14.0. The minimum Gasteiger partial charge on any atom is -0.465 e. The number of carbonyl (C=O) groups excluding carboxylic acids is 1. The number of hydrogen-bond donors (Lipinski definition) is 3. The van der Waals surface area contributed by atoms with Gasteiger partial charge in [0.2, 0.25) is 0 Å². The number of rotatable bonds is 6. The van der Waals surface area contributed by atoms with E-state index >= 15 is 0 Å². The summed E-state index contributed by atoms with van der Waals surface area (Å²) < 4.78 is 18.8. The average molecular weight is 464 g/mol. The number of thiophene rings is 1. The first-order chi connectivity index (χ1) is 14.9. The lowest BCUT2D eigenvalue weighted by Gasteiger charge is -2.14. The minimum atomic E-state index is -0.699. The fourth-order valence-electron chi connectivity index (χ4n) is 3.74. The molecule has 0 saturated heterocycles. The molecule has 1 fully saturated rings. The number of anilines is 2. The van der Waals surface area contributed by atoms with Crippen molar-refractivity contribution < 1.29 is 24.1 Å². The van der Waals surface area contributed by atoms with E-state index in [1.165, 1.54) is 48.7 Å². The van der Waals surface area contributed by atoms with Crippen LogP contribution in [0.15, 0.2) is 29.4 Å². The molecule has 164 valence electrons. The van der Waals surface area contributed by atoms with Crippen LogP contribution in [0.25, 0.3) is 10.2 Å². The van der Waals surface area contributed by atoms with Gasteiger partial charge < -0.3 is 20.3 Å². The fraction of sp³-hybridized carbons (Fsp3) is 0.381. The Morgan fingerprint density at radius 3 is 2.77 bits per heavy atom. The van der Waals surface area contributed by atoms with Gasteiger partial charge in [0.1, 0.15) is 27.7 Å². The van der Waals surface area contributed by atoms with Crippen LogP contribution in [0.4, 0.5) is 15.9 Å². The normalized spacial score (nSPS) is 20.9. The Kier molecular flexibility index (Phi) is 6.42. The van der Waals surface area contributed by atoms with E-state index in [0.717, 1.165) is 10.9 Å². The van der Waals surface area contributed by atoms with Crippen LogP contribution < -0.4 is 5.32 Å². The lowest BCUT2D eigenvalue weighted by molar-refractivity contribution is 0.0438. The molecule has 31 heavy (non-hydrogen) atoms. The lowest BCUT2D eigenvalue weighted by atomic mass is 10.1. The zero-order valence-corrected chi connectivity index (χ0v) is 18.6. The summed E-state index contributed by atoms with van der Waals surface area (Å²) >= 11 is 2.70. The Hall–Kier alpha value is -2.27. The molecule has 4 rings (SSSR count). The molecule has 0 radical (unpaired) electrons. The van der Waals surface area contributed by atoms with E-state index in [0.29, 0.717) is 44.7 Å². The molecule has 10 heteroatoms. The first kappa shape index (κ1) is 21.9. The molecule has 0 spiro atoms. The second-order valence-electron chi connectivity index (χ2n) is 7.50. The first-order valence-corrected chi connectivity index (χ1v) is 11.6. The summed E-state index contributed by atoms with van der Waals surface area (Å²) in [6, 6.07) is 4.47. The van der Waals surface area contributed by atoms with Crippen molar-refractivity contribution in [3.63, 3.8) is 0 Å². The summed E-state index contributed by atoms with van der Waals surface area (Å²) in [7, 11) is 1.33. The van der Waals surface area contributed by atoms with E-state index in [1.807, 2.05) is 6.92 Å². The van der Waals surface area contributed by atoms with Gasteiger partial charge in [-0.05, 0) is 49.4 Å². The lowest BCUT2D eigenvalue weighted by Crippen LogP contribution is -2.17. The van der Waals surface area contributed by atoms with Crippen molar-refractivity contribution in [3.8, 4) is 0 Å². The number of aromatic nitrogens is 2. The van der Waals surface area contributed by atoms with Gasteiger partial charge in [-0.2, -0.15) is 0 Å². The number of aryl methyl sites for hydroxylation is 1. The molecule has 1 unspecified atom stereocenters. The molecule has 1 aromatic carbocycles. The highest BCUT2D eigenvalue weighted by atomic mass is 32.2. The molecule has 3 aromatic rings. The van der Waals surface area contributed by atoms with Gasteiger partial charge in [-0.25, -0.2) is 19.2 Å². The predicted molar refractivity (Wildman–Crippen MR) is 119 cm³/mol. The zero-order valence-electron chi connectivity index (χ0n) is 17.0. The second-order valence-corrected chi connectivity index (χ2v) is 9.56. The van der Waals surface area contributed by atoms with Gasteiger partial charge in [-0.15, -0.1) is 23.1 Å². The summed E-state index contributed by atoms with van der Waals surface area (Å²) in [4.78, 5) is 22.5. The second kappa shape index (κ2) is 9.07. The van der Waals surface area contributed by atoms with Crippen LogP contribution >= 0.6 is 23.1 Å². The van der Waals surface area contributed by atoms with E-state index in [4.69, 9.17) is 4.74 Å². The van der Waals surface area contributed by atoms with Crippen LogP contribution in [-0.4, -0.2) is 51.2 Å². The quantitative estimate of drug-likeness (QED) is 0.374. The SMILES string of the molecule is COC(=O)c1sc2ncnc(Nc3ccc(F)cc3SCC3C[C@@H](O)[C@@H](O)C3)c2c1C. The summed E-state index contributed by atoms with van der Waals surface area (Å²) in [5, 5.41) is 23.5. The van der Waals surface area contributed by atoms with E-state index in [2.05, 4.69) is 15.3 Å². The molecule has 0 bridgehead atoms. The van der Waals surface area contributed by atoms with Crippen LogP contribution in [0.1, 0.15) is 28.1 Å². The third-order valence-corrected chi connectivity index (χ3v) is 7.83. The van der Waals surface area contributed by atoms with Crippen LogP contribution in [0.3, 0.4) is 0 Å². The van der Waals surface area contributed by atoms with Crippen molar-refractivity contribution in [1.29, 1.82) is 0 Å². The predicted octanol–water partition coefficient (Wildman–Crippen LogP) is 3.89. The minimum absolute atomic E-state index is 0.151. The molecule has 1 saturated carbocycles. The van der Waals surface area contributed by atoms with Crippen LogP contribution in [-0.2, 0) is 4.74 Å². The highest BCUT2D eigenvalue weighted by Gasteiger charge is 2.31. The molecule has 3 N–H and O–H groups in total. The van der Waals surface area contributed by atoms with Gasteiger partial charge in [-0.3, -0.25) is 0 Å². The van der Waals surface area contributed by atoms with Crippen LogP contribution in [0.2, 0.25) is 0 Å². The Labute approximate surface area is 186 Å². The maximum Gasteiger partial charge on any atom is 0.348 e.